The van der Waals surface area contributed by atoms with Crippen LogP contribution in [0.25, 0.3) is 5.65 Å². The van der Waals surface area contributed by atoms with Crippen molar-refractivity contribution in [1.29, 1.82) is 0 Å². The molecule has 2 aromatic rings. The van der Waals surface area contributed by atoms with Crippen LogP contribution in [0.5, 0.6) is 0 Å². The van der Waals surface area contributed by atoms with Crippen molar-refractivity contribution in [3.8, 4) is 0 Å². The van der Waals surface area contributed by atoms with Gasteiger partial charge >= 0.3 is 0 Å². The number of piperidine rings is 1. The first-order valence-corrected chi connectivity index (χ1v) is 8.34. The molecule has 1 fully saturated rings. The highest BCUT2D eigenvalue weighted by Crippen LogP contribution is 2.28. The summed E-state index contributed by atoms with van der Waals surface area (Å²) in [6.45, 7) is 6.99. The van der Waals surface area contributed by atoms with Gasteiger partial charge in [0.15, 0.2) is 5.65 Å². The van der Waals surface area contributed by atoms with Gasteiger partial charge in [-0.15, -0.1) is 12.4 Å². The van der Waals surface area contributed by atoms with Gasteiger partial charge in [-0.25, -0.2) is 9.50 Å². The molecule has 1 aliphatic rings. The molecule has 0 saturated carbocycles. The number of nitrogens with zero attached hydrogens (tertiary/aromatic N) is 3. The number of aryl methyl sites for hydroxylation is 2. The lowest BCUT2D eigenvalue weighted by Gasteiger charge is -2.37. The molecule has 1 saturated heterocycles. The van der Waals surface area contributed by atoms with E-state index in [0.29, 0.717) is 18.7 Å². The first-order valence-electron chi connectivity index (χ1n) is 8.34. The van der Waals surface area contributed by atoms with Gasteiger partial charge in [0.05, 0.1) is 23.6 Å². The largest absolute Gasteiger partial charge is 0.384 e. The zero-order chi connectivity index (χ0) is 17.2. The number of halogens is 1. The third kappa shape index (κ3) is 4.11. The molecule has 0 atom stereocenters. The van der Waals surface area contributed by atoms with Crippen LogP contribution in [0.1, 0.15) is 34.6 Å². The SMILES string of the molecule is COCC1(CNC(=O)c2cnc3cc(C)nn3c2C)CCNCC1.Cl. The molecule has 8 heteroatoms. The second-order valence-electron chi connectivity index (χ2n) is 6.68. The average molecular weight is 368 g/mol. The molecule has 1 amide bonds. The van der Waals surface area contributed by atoms with Crippen molar-refractivity contribution >= 4 is 24.0 Å². The standard InChI is InChI=1S/C17H25N5O2.ClH/c1-12-8-15-19-9-14(13(2)22(15)21-12)16(23)20-10-17(11-24-3)4-6-18-7-5-17;/h8-9,18H,4-7,10-11H2,1-3H3,(H,20,23);1H. The van der Waals surface area contributed by atoms with E-state index in [1.165, 1.54) is 0 Å². The molecule has 0 aromatic carbocycles. The fourth-order valence-corrected chi connectivity index (χ4v) is 3.38. The molecule has 0 radical (unpaired) electrons. The predicted molar refractivity (Wildman–Crippen MR) is 98.5 cm³/mol. The number of carbonyl (C=O) groups excluding carboxylic acids is 1. The monoisotopic (exact) mass is 367 g/mol. The number of hydrogen-bond donors (Lipinski definition) is 2. The third-order valence-electron chi connectivity index (χ3n) is 4.83. The molecule has 25 heavy (non-hydrogen) atoms. The maximum absolute atomic E-state index is 12.7. The van der Waals surface area contributed by atoms with Gasteiger partial charge in [0.2, 0.25) is 0 Å². The van der Waals surface area contributed by atoms with E-state index in [2.05, 4.69) is 20.7 Å². The Morgan fingerprint density at radius 1 is 1.40 bits per heavy atom. The molecule has 0 spiro atoms. The first kappa shape index (κ1) is 19.6. The lowest BCUT2D eigenvalue weighted by Crippen LogP contribution is -2.47. The molecule has 0 aliphatic carbocycles. The Kier molecular flexibility index (Phi) is 6.37. The molecule has 3 heterocycles. The summed E-state index contributed by atoms with van der Waals surface area (Å²) in [5.41, 5.74) is 3.01. The Labute approximate surface area is 153 Å². The van der Waals surface area contributed by atoms with Crippen molar-refractivity contribution in [2.45, 2.75) is 26.7 Å². The van der Waals surface area contributed by atoms with Crippen molar-refractivity contribution in [3.05, 3.63) is 29.2 Å². The van der Waals surface area contributed by atoms with E-state index in [4.69, 9.17) is 4.74 Å². The quantitative estimate of drug-likeness (QED) is 0.837. The lowest BCUT2D eigenvalue weighted by molar-refractivity contribution is 0.0511. The summed E-state index contributed by atoms with van der Waals surface area (Å²) in [5, 5.41) is 10.8. The number of methoxy groups -OCH3 is 1. The molecule has 2 N–H and O–H groups in total. The second-order valence-corrected chi connectivity index (χ2v) is 6.68. The molecule has 0 unspecified atom stereocenters. The molecule has 1 aliphatic heterocycles. The van der Waals surface area contributed by atoms with Crippen molar-refractivity contribution < 1.29 is 9.53 Å². The van der Waals surface area contributed by atoms with E-state index >= 15 is 0 Å². The summed E-state index contributed by atoms with van der Waals surface area (Å²) in [4.78, 5) is 17.0. The first-order chi connectivity index (χ1) is 11.5. The van der Waals surface area contributed by atoms with Crippen LogP contribution in [0.15, 0.2) is 12.3 Å². The fourth-order valence-electron chi connectivity index (χ4n) is 3.38. The van der Waals surface area contributed by atoms with Crippen molar-refractivity contribution in [2.75, 3.05) is 33.4 Å². The zero-order valence-corrected chi connectivity index (χ0v) is 15.8. The average Bonchev–Trinajstić information content (AvgIpc) is 2.96. The second kappa shape index (κ2) is 8.12. The van der Waals surface area contributed by atoms with Crippen LogP contribution in [0.2, 0.25) is 0 Å². The number of rotatable bonds is 5. The third-order valence-corrected chi connectivity index (χ3v) is 4.83. The Morgan fingerprint density at radius 2 is 2.12 bits per heavy atom. The molecule has 2 aromatic heterocycles. The normalized spacial score (nSPS) is 16.4. The molecule has 138 valence electrons. The highest BCUT2D eigenvalue weighted by atomic mass is 35.5. The minimum absolute atomic E-state index is 0. The lowest BCUT2D eigenvalue weighted by atomic mass is 9.79. The maximum atomic E-state index is 12.7. The van der Waals surface area contributed by atoms with Gasteiger partial charge in [-0.1, -0.05) is 0 Å². The van der Waals surface area contributed by atoms with E-state index in [1.54, 1.807) is 17.8 Å². The minimum atomic E-state index is -0.107. The van der Waals surface area contributed by atoms with Gasteiger partial charge in [0.1, 0.15) is 0 Å². The molecule has 0 bridgehead atoms. The van der Waals surface area contributed by atoms with Crippen LogP contribution >= 0.6 is 12.4 Å². The number of amides is 1. The molecular formula is C17H26ClN5O2. The van der Waals surface area contributed by atoms with Gasteiger partial charge in [-0.3, -0.25) is 4.79 Å². The fraction of sp³-hybridized carbons (Fsp3) is 0.588. The molecular weight excluding hydrogens is 342 g/mol. The van der Waals surface area contributed by atoms with Crippen LogP contribution in [-0.2, 0) is 4.74 Å². The number of fused-ring (bicyclic) bond motifs is 1. The maximum Gasteiger partial charge on any atom is 0.254 e. The van der Waals surface area contributed by atoms with Gasteiger partial charge in [0.25, 0.3) is 5.91 Å². The molecule has 7 nitrogen and oxygen atoms in total. The Hall–Kier alpha value is -1.70. The van der Waals surface area contributed by atoms with E-state index < -0.39 is 0 Å². The summed E-state index contributed by atoms with van der Waals surface area (Å²) >= 11 is 0. The number of aromatic nitrogens is 3. The van der Waals surface area contributed by atoms with Crippen LogP contribution in [0.4, 0.5) is 0 Å². The Balaban J connectivity index is 0.00000225. The smallest absolute Gasteiger partial charge is 0.254 e. The Morgan fingerprint density at radius 3 is 2.80 bits per heavy atom. The van der Waals surface area contributed by atoms with Gasteiger partial charge in [-0.2, -0.15) is 5.10 Å². The number of ether oxygens (including phenoxy) is 1. The zero-order valence-electron chi connectivity index (χ0n) is 15.0. The van der Waals surface area contributed by atoms with Crippen LogP contribution in [0, 0.1) is 19.3 Å². The highest BCUT2D eigenvalue weighted by Gasteiger charge is 2.32. The topological polar surface area (TPSA) is 80.5 Å². The highest BCUT2D eigenvalue weighted by molar-refractivity contribution is 5.95. The summed E-state index contributed by atoms with van der Waals surface area (Å²) in [5.74, 6) is -0.107. The summed E-state index contributed by atoms with van der Waals surface area (Å²) in [6.07, 6.45) is 3.62. The van der Waals surface area contributed by atoms with Crippen molar-refractivity contribution in [1.82, 2.24) is 25.2 Å². The summed E-state index contributed by atoms with van der Waals surface area (Å²) < 4.78 is 7.12. The minimum Gasteiger partial charge on any atom is -0.384 e. The number of nitrogens with one attached hydrogen (secondary N) is 2. The van der Waals surface area contributed by atoms with Gasteiger partial charge in [0, 0.05) is 31.3 Å². The van der Waals surface area contributed by atoms with Gasteiger partial charge in [-0.05, 0) is 39.8 Å². The van der Waals surface area contributed by atoms with E-state index in [1.807, 2.05) is 19.9 Å². The summed E-state index contributed by atoms with van der Waals surface area (Å²) in [6, 6.07) is 1.90. The molecule has 3 rings (SSSR count). The van der Waals surface area contributed by atoms with Crippen LogP contribution in [0.3, 0.4) is 0 Å². The summed E-state index contributed by atoms with van der Waals surface area (Å²) in [7, 11) is 1.72. The number of carbonyl (C=O) groups is 1. The van der Waals surface area contributed by atoms with Crippen LogP contribution < -0.4 is 10.6 Å². The van der Waals surface area contributed by atoms with Crippen molar-refractivity contribution in [2.24, 2.45) is 5.41 Å². The van der Waals surface area contributed by atoms with Gasteiger partial charge < -0.3 is 15.4 Å². The predicted octanol–water partition coefficient (Wildman–Crippen LogP) is 1.51. The van der Waals surface area contributed by atoms with E-state index in [0.717, 1.165) is 43.0 Å². The van der Waals surface area contributed by atoms with E-state index in [-0.39, 0.29) is 23.7 Å². The van der Waals surface area contributed by atoms with Crippen molar-refractivity contribution in [3.63, 3.8) is 0 Å². The number of hydrogen-bond acceptors (Lipinski definition) is 5. The Bertz CT molecular complexity index is 734. The van der Waals surface area contributed by atoms with E-state index in [9.17, 15) is 4.79 Å². The van der Waals surface area contributed by atoms with Crippen LogP contribution in [-0.4, -0.2) is 53.9 Å².